The molecule has 2 unspecified atom stereocenters. The summed E-state index contributed by atoms with van der Waals surface area (Å²) in [6.07, 6.45) is -3.04. The summed E-state index contributed by atoms with van der Waals surface area (Å²) in [5, 5.41) is -1.03. The number of rotatable bonds is 3. The molecule has 2 atom stereocenters. The molecule has 0 amide bonds. The first-order valence-corrected chi connectivity index (χ1v) is 5.67. The summed E-state index contributed by atoms with van der Waals surface area (Å²) in [6, 6.07) is 1.93. The van der Waals surface area contributed by atoms with Crippen LogP contribution in [0.1, 0.15) is 6.92 Å². The predicted octanol–water partition coefficient (Wildman–Crippen LogP) is 3.11. The van der Waals surface area contributed by atoms with E-state index in [4.69, 9.17) is 17.3 Å². The van der Waals surface area contributed by atoms with Crippen LogP contribution in [0.25, 0.3) is 0 Å². The van der Waals surface area contributed by atoms with Crippen molar-refractivity contribution < 1.29 is 13.2 Å². The van der Waals surface area contributed by atoms with E-state index in [9.17, 15) is 13.2 Å². The van der Waals surface area contributed by atoms with Gasteiger partial charge in [0.2, 0.25) is 0 Å². The van der Waals surface area contributed by atoms with E-state index in [0.717, 1.165) is 0 Å². The average Bonchev–Trinajstić information content (AvgIpc) is 2.14. The van der Waals surface area contributed by atoms with Crippen molar-refractivity contribution in [3.8, 4) is 0 Å². The SMILES string of the molecule is CC(N)C(Sc1ccc(Cl)cn1)C(F)(F)F. The Kier molecular flexibility index (Phi) is 4.46. The smallest absolute Gasteiger partial charge is 0.327 e. The average molecular weight is 271 g/mol. The Bertz CT molecular complexity index is 340. The first kappa shape index (κ1) is 13.6. The summed E-state index contributed by atoms with van der Waals surface area (Å²) in [4.78, 5) is 3.79. The summed E-state index contributed by atoms with van der Waals surface area (Å²) >= 11 is 6.17. The number of aromatic nitrogens is 1. The van der Waals surface area contributed by atoms with Crippen LogP contribution in [0.4, 0.5) is 13.2 Å². The molecule has 0 aliphatic rings. The molecule has 7 heteroatoms. The number of nitrogens with zero attached hydrogens (tertiary/aromatic N) is 1. The third kappa shape index (κ3) is 3.84. The Morgan fingerprint density at radius 1 is 1.44 bits per heavy atom. The monoisotopic (exact) mass is 270 g/mol. The van der Waals surface area contributed by atoms with Gasteiger partial charge in [-0.1, -0.05) is 23.4 Å². The summed E-state index contributed by atoms with van der Waals surface area (Å²) < 4.78 is 37.7. The molecule has 1 heterocycles. The van der Waals surface area contributed by atoms with E-state index in [2.05, 4.69) is 4.98 Å². The third-order valence-corrected chi connectivity index (χ3v) is 3.41. The highest BCUT2D eigenvalue weighted by atomic mass is 35.5. The van der Waals surface area contributed by atoms with Gasteiger partial charge in [0, 0.05) is 12.2 Å². The van der Waals surface area contributed by atoms with Gasteiger partial charge >= 0.3 is 6.18 Å². The van der Waals surface area contributed by atoms with Gasteiger partial charge in [-0.05, 0) is 19.1 Å². The van der Waals surface area contributed by atoms with Crippen molar-refractivity contribution in [3.63, 3.8) is 0 Å². The molecule has 1 rings (SSSR count). The Labute approximate surface area is 100 Å². The van der Waals surface area contributed by atoms with Crippen molar-refractivity contribution in [2.45, 2.75) is 29.4 Å². The van der Waals surface area contributed by atoms with Gasteiger partial charge in [0.25, 0.3) is 0 Å². The summed E-state index contributed by atoms with van der Waals surface area (Å²) in [5.41, 5.74) is 5.31. The first-order valence-electron chi connectivity index (χ1n) is 4.41. The second kappa shape index (κ2) is 5.25. The van der Waals surface area contributed by atoms with Crippen molar-refractivity contribution in [1.29, 1.82) is 0 Å². The molecule has 0 aromatic carbocycles. The van der Waals surface area contributed by atoms with Crippen LogP contribution in [0.2, 0.25) is 5.02 Å². The van der Waals surface area contributed by atoms with Gasteiger partial charge in [-0.2, -0.15) is 13.2 Å². The van der Waals surface area contributed by atoms with Crippen molar-refractivity contribution in [2.75, 3.05) is 0 Å². The molecule has 1 aromatic rings. The Balaban J connectivity index is 2.80. The van der Waals surface area contributed by atoms with Gasteiger partial charge < -0.3 is 5.73 Å². The molecule has 2 N–H and O–H groups in total. The number of alkyl halides is 3. The molecular weight excluding hydrogens is 261 g/mol. The van der Waals surface area contributed by atoms with Gasteiger partial charge in [0.15, 0.2) is 0 Å². The third-order valence-electron chi connectivity index (χ3n) is 1.75. The molecule has 0 bridgehead atoms. The maximum atomic E-state index is 12.6. The lowest BCUT2D eigenvalue weighted by molar-refractivity contribution is -0.131. The summed E-state index contributed by atoms with van der Waals surface area (Å²) in [7, 11) is 0. The summed E-state index contributed by atoms with van der Waals surface area (Å²) in [6.45, 7) is 1.32. The molecule has 0 saturated heterocycles. The standard InChI is InChI=1S/C9H10ClF3N2S/c1-5(14)8(9(11,12)13)16-7-3-2-6(10)4-15-7/h2-5,8H,14H2,1H3. The summed E-state index contributed by atoms with van der Waals surface area (Å²) in [5.74, 6) is 0. The largest absolute Gasteiger partial charge is 0.402 e. The van der Waals surface area contributed by atoms with E-state index < -0.39 is 17.5 Å². The van der Waals surface area contributed by atoms with Crippen LogP contribution >= 0.6 is 23.4 Å². The van der Waals surface area contributed by atoms with Crippen LogP contribution < -0.4 is 5.73 Å². The number of halogens is 4. The van der Waals surface area contributed by atoms with Crippen LogP contribution in [0, 0.1) is 0 Å². The van der Waals surface area contributed by atoms with Gasteiger partial charge in [0.1, 0.15) is 5.25 Å². The minimum absolute atomic E-state index is 0.254. The lowest BCUT2D eigenvalue weighted by Crippen LogP contribution is -2.40. The van der Waals surface area contributed by atoms with Gasteiger partial charge in [-0.25, -0.2) is 4.98 Å². The maximum absolute atomic E-state index is 12.6. The minimum Gasteiger partial charge on any atom is -0.327 e. The molecule has 0 fully saturated rings. The molecular formula is C9H10ClF3N2S. The van der Waals surface area contributed by atoms with Crippen LogP contribution in [-0.2, 0) is 0 Å². The quantitative estimate of drug-likeness (QED) is 0.858. The highest BCUT2D eigenvalue weighted by molar-refractivity contribution is 8.00. The lowest BCUT2D eigenvalue weighted by Gasteiger charge is -2.22. The number of hydrogen-bond acceptors (Lipinski definition) is 3. The molecule has 90 valence electrons. The topological polar surface area (TPSA) is 38.9 Å². The Morgan fingerprint density at radius 2 is 2.06 bits per heavy atom. The molecule has 1 aromatic heterocycles. The van der Waals surface area contributed by atoms with E-state index in [1.54, 1.807) is 0 Å². The second-order valence-corrected chi connectivity index (χ2v) is 4.85. The van der Waals surface area contributed by atoms with E-state index in [0.29, 0.717) is 16.8 Å². The zero-order valence-corrected chi connectivity index (χ0v) is 9.90. The van der Waals surface area contributed by atoms with E-state index in [-0.39, 0.29) is 5.03 Å². The number of pyridine rings is 1. The van der Waals surface area contributed by atoms with E-state index in [1.165, 1.54) is 25.3 Å². The van der Waals surface area contributed by atoms with Crippen LogP contribution in [0.15, 0.2) is 23.4 Å². The van der Waals surface area contributed by atoms with Gasteiger partial charge in [-0.15, -0.1) is 0 Å². The van der Waals surface area contributed by atoms with E-state index >= 15 is 0 Å². The molecule has 0 aliphatic carbocycles. The first-order chi connectivity index (χ1) is 7.30. The van der Waals surface area contributed by atoms with Crippen molar-refractivity contribution in [3.05, 3.63) is 23.4 Å². The van der Waals surface area contributed by atoms with Gasteiger partial charge in [-0.3, -0.25) is 0 Å². The Morgan fingerprint density at radius 3 is 2.44 bits per heavy atom. The van der Waals surface area contributed by atoms with Crippen LogP contribution in [0.3, 0.4) is 0 Å². The minimum atomic E-state index is -4.35. The zero-order chi connectivity index (χ0) is 12.3. The predicted molar refractivity (Wildman–Crippen MR) is 58.6 cm³/mol. The fourth-order valence-corrected chi connectivity index (χ4v) is 2.01. The normalized spacial score (nSPS) is 15.9. The highest BCUT2D eigenvalue weighted by Crippen LogP contribution is 2.35. The fraction of sp³-hybridized carbons (Fsp3) is 0.444. The molecule has 2 nitrogen and oxygen atoms in total. The maximum Gasteiger partial charge on any atom is 0.402 e. The van der Waals surface area contributed by atoms with E-state index in [1.807, 2.05) is 0 Å². The number of hydrogen-bond donors (Lipinski definition) is 1. The Hall–Kier alpha value is -0.460. The molecule has 0 radical (unpaired) electrons. The lowest BCUT2D eigenvalue weighted by atomic mass is 10.2. The molecule has 0 aliphatic heterocycles. The van der Waals surface area contributed by atoms with Crippen molar-refractivity contribution >= 4 is 23.4 Å². The highest BCUT2D eigenvalue weighted by Gasteiger charge is 2.43. The zero-order valence-electron chi connectivity index (χ0n) is 8.33. The van der Waals surface area contributed by atoms with Gasteiger partial charge in [0.05, 0.1) is 10.0 Å². The fourth-order valence-electron chi connectivity index (χ4n) is 1.03. The molecule has 0 saturated carbocycles. The number of nitrogens with two attached hydrogens (primary N) is 1. The molecule has 16 heavy (non-hydrogen) atoms. The van der Waals surface area contributed by atoms with Crippen LogP contribution in [0.5, 0.6) is 0 Å². The van der Waals surface area contributed by atoms with Crippen molar-refractivity contribution in [2.24, 2.45) is 5.73 Å². The van der Waals surface area contributed by atoms with Crippen molar-refractivity contribution in [1.82, 2.24) is 4.98 Å². The molecule has 0 spiro atoms. The van der Waals surface area contributed by atoms with Crippen LogP contribution in [-0.4, -0.2) is 22.5 Å². The number of thioether (sulfide) groups is 1. The second-order valence-electron chi connectivity index (χ2n) is 3.25.